The Kier molecular flexibility index (Phi) is 2.22. The Labute approximate surface area is 55.2 Å². The molecule has 0 saturated carbocycles. The fraction of sp³-hybridized carbons (Fsp3) is 0.857. The van der Waals surface area contributed by atoms with Crippen molar-refractivity contribution in [3.63, 3.8) is 0 Å². The van der Waals surface area contributed by atoms with Crippen LogP contribution in [0.4, 0.5) is 0 Å². The summed E-state index contributed by atoms with van der Waals surface area (Å²) in [5.74, 6) is 0.347. The highest BCUT2D eigenvalue weighted by atomic mass is 16.5. The molecule has 1 fully saturated rings. The molecule has 0 aliphatic carbocycles. The van der Waals surface area contributed by atoms with Gasteiger partial charge in [0.05, 0.1) is 6.10 Å². The van der Waals surface area contributed by atoms with E-state index in [1.165, 1.54) is 0 Å². The van der Waals surface area contributed by atoms with Crippen LogP contribution >= 0.6 is 0 Å². The third-order valence-electron chi connectivity index (χ3n) is 1.52. The predicted molar refractivity (Wildman–Crippen MR) is 34.3 cm³/mol. The third kappa shape index (κ3) is 2.14. The Balaban J connectivity index is 2.37. The molecule has 1 unspecified atom stereocenters. The lowest BCUT2D eigenvalue weighted by atomic mass is 10.1. The second kappa shape index (κ2) is 2.97. The molecule has 52 valence electrons. The number of Topliss-reactive ketones (excluding diaryl/α,β-unsaturated/α-hetero) is 1. The van der Waals surface area contributed by atoms with Crippen molar-refractivity contribution in [1.29, 1.82) is 0 Å². The number of carbonyl (C=O) groups is 1. The van der Waals surface area contributed by atoms with E-state index < -0.39 is 0 Å². The molecule has 9 heavy (non-hydrogen) atoms. The van der Waals surface area contributed by atoms with E-state index in [1.54, 1.807) is 0 Å². The monoisotopic (exact) mass is 128 g/mol. The van der Waals surface area contributed by atoms with Gasteiger partial charge in [0.2, 0.25) is 0 Å². The van der Waals surface area contributed by atoms with Crippen molar-refractivity contribution in [2.75, 3.05) is 6.61 Å². The zero-order valence-corrected chi connectivity index (χ0v) is 5.72. The summed E-state index contributed by atoms with van der Waals surface area (Å²) in [5, 5.41) is 0. The molecule has 2 nitrogen and oxygen atoms in total. The number of rotatable bonds is 0. The Morgan fingerprint density at radius 1 is 1.67 bits per heavy atom. The van der Waals surface area contributed by atoms with E-state index >= 15 is 0 Å². The number of ketones is 1. The maximum atomic E-state index is 10.8. The molecule has 1 aliphatic rings. The molecule has 2 heteroatoms. The summed E-state index contributed by atoms with van der Waals surface area (Å²) in [4.78, 5) is 10.8. The molecule has 0 spiro atoms. The van der Waals surface area contributed by atoms with Crippen molar-refractivity contribution < 1.29 is 9.53 Å². The van der Waals surface area contributed by atoms with Crippen molar-refractivity contribution in [2.45, 2.75) is 32.3 Å². The molecule has 0 aromatic heterocycles. The molecule has 0 amide bonds. The first-order valence-electron chi connectivity index (χ1n) is 3.42. The highest BCUT2D eigenvalue weighted by Crippen LogP contribution is 2.08. The highest BCUT2D eigenvalue weighted by molar-refractivity contribution is 5.78. The van der Waals surface area contributed by atoms with Crippen molar-refractivity contribution in [1.82, 2.24) is 0 Å². The maximum absolute atomic E-state index is 10.8. The summed E-state index contributed by atoms with van der Waals surface area (Å²) in [6, 6.07) is 0. The molecule has 1 heterocycles. The van der Waals surface area contributed by atoms with E-state index in [0.717, 1.165) is 13.0 Å². The van der Waals surface area contributed by atoms with Crippen LogP contribution in [0.5, 0.6) is 0 Å². The molecule has 0 bridgehead atoms. The summed E-state index contributed by atoms with van der Waals surface area (Å²) >= 11 is 0. The van der Waals surface area contributed by atoms with Crippen molar-refractivity contribution in [2.24, 2.45) is 0 Å². The van der Waals surface area contributed by atoms with Crippen LogP contribution in [0.2, 0.25) is 0 Å². The number of ether oxygens (including phenoxy) is 1. The van der Waals surface area contributed by atoms with E-state index in [2.05, 4.69) is 0 Å². The van der Waals surface area contributed by atoms with Gasteiger partial charge in [0.1, 0.15) is 5.78 Å². The fourth-order valence-corrected chi connectivity index (χ4v) is 1.04. The first kappa shape index (κ1) is 6.75. The van der Waals surface area contributed by atoms with Crippen molar-refractivity contribution in [3.05, 3.63) is 0 Å². The minimum atomic E-state index is 0.153. The first-order chi connectivity index (χ1) is 4.29. The van der Waals surface area contributed by atoms with Gasteiger partial charge in [-0.3, -0.25) is 4.79 Å². The lowest BCUT2D eigenvalue weighted by Gasteiger charge is -2.04. The van der Waals surface area contributed by atoms with E-state index in [9.17, 15) is 4.79 Å². The largest absolute Gasteiger partial charge is 0.378 e. The van der Waals surface area contributed by atoms with E-state index in [4.69, 9.17) is 4.74 Å². The second-order valence-electron chi connectivity index (χ2n) is 2.53. The molecule has 0 radical (unpaired) electrons. The van der Waals surface area contributed by atoms with Gasteiger partial charge >= 0.3 is 0 Å². The quantitative estimate of drug-likeness (QED) is 0.489. The van der Waals surface area contributed by atoms with Crippen LogP contribution in [0.15, 0.2) is 0 Å². The van der Waals surface area contributed by atoms with Crippen LogP contribution in [0.25, 0.3) is 0 Å². The lowest BCUT2D eigenvalue weighted by Crippen LogP contribution is -2.08. The second-order valence-corrected chi connectivity index (χ2v) is 2.53. The Morgan fingerprint density at radius 2 is 2.44 bits per heavy atom. The van der Waals surface area contributed by atoms with Crippen molar-refractivity contribution in [3.8, 4) is 0 Å². The standard InChI is InChI=1S/C7H12O2/c1-6-5-7(8)3-2-4-9-6/h6H,2-5H2,1H3. The molecular weight excluding hydrogens is 116 g/mol. The van der Waals surface area contributed by atoms with Gasteiger partial charge in [-0.2, -0.15) is 0 Å². The van der Waals surface area contributed by atoms with Crippen LogP contribution in [-0.2, 0) is 9.53 Å². The molecule has 0 aromatic carbocycles. The van der Waals surface area contributed by atoms with E-state index in [-0.39, 0.29) is 6.10 Å². The third-order valence-corrected chi connectivity index (χ3v) is 1.52. The zero-order chi connectivity index (χ0) is 6.69. The van der Waals surface area contributed by atoms with Gasteiger partial charge in [0.25, 0.3) is 0 Å². The number of hydrogen-bond acceptors (Lipinski definition) is 2. The Hall–Kier alpha value is -0.370. The molecule has 1 saturated heterocycles. The van der Waals surface area contributed by atoms with Gasteiger partial charge in [0, 0.05) is 19.4 Å². The minimum Gasteiger partial charge on any atom is -0.378 e. The fourth-order valence-electron chi connectivity index (χ4n) is 1.04. The molecular formula is C7H12O2. The number of hydrogen-bond donors (Lipinski definition) is 0. The lowest BCUT2D eigenvalue weighted by molar-refractivity contribution is -0.119. The van der Waals surface area contributed by atoms with Crippen LogP contribution in [0.3, 0.4) is 0 Å². The van der Waals surface area contributed by atoms with Gasteiger partial charge in [-0.15, -0.1) is 0 Å². The predicted octanol–water partition coefficient (Wildman–Crippen LogP) is 1.14. The van der Waals surface area contributed by atoms with Crippen LogP contribution in [-0.4, -0.2) is 18.5 Å². The zero-order valence-electron chi connectivity index (χ0n) is 5.72. The van der Waals surface area contributed by atoms with Gasteiger partial charge in [-0.05, 0) is 13.3 Å². The topological polar surface area (TPSA) is 26.3 Å². The Morgan fingerprint density at radius 3 is 3.22 bits per heavy atom. The SMILES string of the molecule is CC1CC(=O)CCCO1. The maximum Gasteiger partial charge on any atom is 0.135 e. The van der Waals surface area contributed by atoms with Gasteiger partial charge in [0.15, 0.2) is 0 Å². The summed E-state index contributed by atoms with van der Waals surface area (Å²) in [7, 11) is 0. The molecule has 1 atom stereocenters. The van der Waals surface area contributed by atoms with Crippen LogP contribution in [0.1, 0.15) is 26.2 Å². The molecule has 1 aliphatic heterocycles. The molecule has 1 rings (SSSR count). The van der Waals surface area contributed by atoms with Gasteiger partial charge in [-0.25, -0.2) is 0 Å². The average molecular weight is 128 g/mol. The summed E-state index contributed by atoms with van der Waals surface area (Å²) in [5.41, 5.74) is 0. The summed E-state index contributed by atoms with van der Waals surface area (Å²) in [6.45, 7) is 2.70. The van der Waals surface area contributed by atoms with Crippen LogP contribution < -0.4 is 0 Å². The van der Waals surface area contributed by atoms with Crippen LogP contribution in [0, 0.1) is 0 Å². The Bertz CT molecular complexity index is 109. The van der Waals surface area contributed by atoms with E-state index in [1.807, 2.05) is 6.92 Å². The van der Waals surface area contributed by atoms with Gasteiger partial charge < -0.3 is 4.74 Å². The van der Waals surface area contributed by atoms with Gasteiger partial charge in [-0.1, -0.05) is 0 Å². The summed E-state index contributed by atoms with van der Waals surface area (Å²) in [6.07, 6.45) is 2.38. The molecule has 0 aromatic rings. The molecule has 0 N–H and O–H groups in total. The smallest absolute Gasteiger partial charge is 0.135 e. The average Bonchev–Trinajstić information content (AvgIpc) is 1.93. The highest BCUT2D eigenvalue weighted by Gasteiger charge is 2.12. The van der Waals surface area contributed by atoms with Crippen molar-refractivity contribution >= 4 is 5.78 Å². The number of carbonyl (C=O) groups excluding carboxylic acids is 1. The normalized spacial score (nSPS) is 29.9. The summed E-state index contributed by atoms with van der Waals surface area (Å²) < 4.78 is 5.25. The minimum absolute atomic E-state index is 0.153. The first-order valence-corrected chi connectivity index (χ1v) is 3.42. The van der Waals surface area contributed by atoms with E-state index in [0.29, 0.717) is 18.6 Å².